The molecule has 0 atom stereocenters. The summed E-state index contributed by atoms with van der Waals surface area (Å²) in [7, 11) is 2.15. The Bertz CT molecular complexity index is 261. The highest BCUT2D eigenvalue weighted by atomic mass is 15.1. The molecule has 0 aliphatic carbocycles. The van der Waals surface area contributed by atoms with Gasteiger partial charge in [0.25, 0.3) is 0 Å². The summed E-state index contributed by atoms with van der Waals surface area (Å²) < 4.78 is 0. The van der Waals surface area contributed by atoms with Gasteiger partial charge in [-0.25, -0.2) is 0 Å². The van der Waals surface area contributed by atoms with Crippen LogP contribution in [0.15, 0.2) is 24.3 Å². The lowest BCUT2D eigenvalue weighted by Crippen LogP contribution is -2.22. The van der Waals surface area contributed by atoms with Gasteiger partial charge in [0.15, 0.2) is 0 Å². The Morgan fingerprint density at radius 3 is 2.14 bits per heavy atom. The smallest absolute Gasteiger partial charge is 0.0363 e. The SMILES string of the molecule is CCc1ccc(N(C)CC(C)C)cc1. The van der Waals surface area contributed by atoms with Gasteiger partial charge in [-0.2, -0.15) is 0 Å². The van der Waals surface area contributed by atoms with Crippen molar-refractivity contribution in [2.45, 2.75) is 27.2 Å². The summed E-state index contributed by atoms with van der Waals surface area (Å²) in [6.07, 6.45) is 1.12. The normalized spacial score (nSPS) is 10.6. The zero-order valence-corrected chi connectivity index (χ0v) is 9.75. The molecule has 1 aromatic carbocycles. The van der Waals surface area contributed by atoms with Crippen LogP contribution in [0.25, 0.3) is 0 Å². The van der Waals surface area contributed by atoms with E-state index in [4.69, 9.17) is 0 Å². The van der Waals surface area contributed by atoms with E-state index in [1.165, 1.54) is 11.3 Å². The molecule has 0 bridgehead atoms. The quantitative estimate of drug-likeness (QED) is 0.705. The van der Waals surface area contributed by atoms with E-state index >= 15 is 0 Å². The Balaban J connectivity index is 2.66. The number of aryl methyl sites for hydroxylation is 1. The van der Waals surface area contributed by atoms with Crippen LogP contribution in [0.2, 0.25) is 0 Å². The first-order valence-corrected chi connectivity index (χ1v) is 5.43. The molecule has 0 N–H and O–H groups in total. The lowest BCUT2D eigenvalue weighted by Gasteiger charge is -2.21. The van der Waals surface area contributed by atoms with Crippen LogP contribution in [0.3, 0.4) is 0 Å². The molecule has 0 saturated heterocycles. The van der Waals surface area contributed by atoms with E-state index in [1.807, 2.05) is 0 Å². The molecule has 78 valence electrons. The minimum Gasteiger partial charge on any atom is -0.374 e. The summed E-state index contributed by atoms with van der Waals surface area (Å²) in [5.41, 5.74) is 2.72. The molecule has 0 aliphatic rings. The number of hydrogen-bond acceptors (Lipinski definition) is 1. The van der Waals surface area contributed by atoms with Crippen LogP contribution in [-0.2, 0) is 6.42 Å². The van der Waals surface area contributed by atoms with Gasteiger partial charge in [0, 0.05) is 19.3 Å². The highest BCUT2D eigenvalue weighted by molar-refractivity contribution is 5.46. The average molecular weight is 191 g/mol. The van der Waals surface area contributed by atoms with Crippen molar-refractivity contribution in [3.05, 3.63) is 29.8 Å². The standard InChI is InChI=1S/C13H21N/c1-5-12-6-8-13(9-7-12)14(4)10-11(2)3/h6-9,11H,5,10H2,1-4H3. The van der Waals surface area contributed by atoms with Gasteiger partial charge in [-0.15, -0.1) is 0 Å². The molecule has 0 amide bonds. The Hall–Kier alpha value is -0.980. The van der Waals surface area contributed by atoms with Crippen molar-refractivity contribution >= 4 is 5.69 Å². The lowest BCUT2D eigenvalue weighted by atomic mass is 10.1. The van der Waals surface area contributed by atoms with E-state index in [1.54, 1.807) is 0 Å². The van der Waals surface area contributed by atoms with Crippen molar-refractivity contribution < 1.29 is 0 Å². The molecule has 0 radical (unpaired) electrons. The van der Waals surface area contributed by atoms with E-state index < -0.39 is 0 Å². The summed E-state index contributed by atoms with van der Waals surface area (Å²) in [5, 5.41) is 0. The molecule has 0 fully saturated rings. The maximum Gasteiger partial charge on any atom is 0.0363 e. The predicted octanol–water partition coefficient (Wildman–Crippen LogP) is 3.34. The number of nitrogens with zero attached hydrogens (tertiary/aromatic N) is 1. The fourth-order valence-electron chi connectivity index (χ4n) is 1.64. The highest BCUT2D eigenvalue weighted by Gasteiger charge is 2.02. The molecular formula is C13H21N. The van der Waals surface area contributed by atoms with Crippen molar-refractivity contribution in [1.29, 1.82) is 0 Å². The monoisotopic (exact) mass is 191 g/mol. The molecule has 0 unspecified atom stereocenters. The maximum absolute atomic E-state index is 2.31. The average Bonchev–Trinajstić information content (AvgIpc) is 2.17. The first kappa shape index (κ1) is 11.1. The van der Waals surface area contributed by atoms with Gasteiger partial charge >= 0.3 is 0 Å². The molecule has 0 aromatic heterocycles. The molecule has 0 saturated carbocycles. The van der Waals surface area contributed by atoms with Crippen LogP contribution in [0.4, 0.5) is 5.69 Å². The second kappa shape index (κ2) is 5.04. The third kappa shape index (κ3) is 3.06. The minimum atomic E-state index is 0.714. The van der Waals surface area contributed by atoms with Crippen LogP contribution < -0.4 is 4.90 Å². The third-order valence-corrected chi connectivity index (χ3v) is 2.42. The maximum atomic E-state index is 2.31. The van der Waals surface area contributed by atoms with E-state index in [9.17, 15) is 0 Å². The summed E-state index contributed by atoms with van der Waals surface area (Å²) in [6.45, 7) is 7.80. The number of hydrogen-bond donors (Lipinski definition) is 0. The van der Waals surface area contributed by atoms with Crippen LogP contribution in [0.5, 0.6) is 0 Å². The summed E-state index contributed by atoms with van der Waals surface area (Å²) in [6, 6.07) is 8.85. The van der Waals surface area contributed by atoms with Crippen LogP contribution >= 0.6 is 0 Å². The molecular weight excluding hydrogens is 170 g/mol. The van der Waals surface area contributed by atoms with Gasteiger partial charge in [0.05, 0.1) is 0 Å². The molecule has 14 heavy (non-hydrogen) atoms. The van der Waals surface area contributed by atoms with Crippen LogP contribution in [0.1, 0.15) is 26.3 Å². The molecule has 1 rings (SSSR count). The first-order valence-electron chi connectivity index (χ1n) is 5.43. The van der Waals surface area contributed by atoms with Gasteiger partial charge in [-0.1, -0.05) is 32.9 Å². The van der Waals surface area contributed by atoms with E-state index in [0.717, 1.165) is 13.0 Å². The Labute approximate surface area is 87.7 Å². The first-order chi connectivity index (χ1) is 6.63. The topological polar surface area (TPSA) is 3.24 Å². The number of benzene rings is 1. The largest absolute Gasteiger partial charge is 0.374 e. The minimum absolute atomic E-state index is 0.714. The Morgan fingerprint density at radius 1 is 1.14 bits per heavy atom. The summed E-state index contributed by atoms with van der Waals surface area (Å²) in [5.74, 6) is 0.714. The predicted molar refractivity (Wildman–Crippen MR) is 63.9 cm³/mol. The Morgan fingerprint density at radius 2 is 1.71 bits per heavy atom. The number of rotatable bonds is 4. The van der Waals surface area contributed by atoms with Crippen molar-refractivity contribution in [2.24, 2.45) is 5.92 Å². The second-order valence-corrected chi connectivity index (χ2v) is 4.29. The fourth-order valence-corrected chi connectivity index (χ4v) is 1.64. The molecule has 1 aromatic rings. The van der Waals surface area contributed by atoms with Gasteiger partial charge in [-0.05, 0) is 30.0 Å². The highest BCUT2D eigenvalue weighted by Crippen LogP contribution is 2.15. The fraction of sp³-hybridized carbons (Fsp3) is 0.538. The summed E-state index contributed by atoms with van der Waals surface area (Å²) >= 11 is 0. The van der Waals surface area contributed by atoms with E-state index in [2.05, 4.69) is 57.0 Å². The van der Waals surface area contributed by atoms with Crippen molar-refractivity contribution in [3.63, 3.8) is 0 Å². The zero-order chi connectivity index (χ0) is 10.6. The van der Waals surface area contributed by atoms with Gasteiger partial charge in [0.2, 0.25) is 0 Å². The van der Waals surface area contributed by atoms with Gasteiger partial charge < -0.3 is 4.90 Å². The van der Waals surface area contributed by atoms with Crippen molar-refractivity contribution in [3.8, 4) is 0 Å². The van der Waals surface area contributed by atoms with Gasteiger partial charge in [-0.3, -0.25) is 0 Å². The van der Waals surface area contributed by atoms with Gasteiger partial charge in [0.1, 0.15) is 0 Å². The third-order valence-electron chi connectivity index (χ3n) is 2.42. The van der Waals surface area contributed by atoms with Crippen molar-refractivity contribution in [1.82, 2.24) is 0 Å². The number of anilines is 1. The van der Waals surface area contributed by atoms with Crippen molar-refractivity contribution in [2.75, 3.05) is 18.5 Å². The second-order valence-electron chi connectivity index (χ2n) is 4.29. The molecule has 1 nitrogen and oxygen atoms in total. The summed E-state index contributed by atoms with van der Waals surface area (Å²) in [4.78, 5) is 2.31. The lowest BCUT2D eigenvalue weighted by molar-refractivity contribution is 0.638. The van der Waals surface area contributed by atoms with E-state index in [-0.39, 0.29) is 0 Å². The van der Waals surface area contributed by atoms with Crippen LogP contribution in [0, 0.1) is 5.92 Å². The van der Waals surface area contributed by atoms with E-state index in [0.29, 0.717) is 5.92 Å². The molecule has 0 spiro atoms. The molecule has 1 heteroatoms. The van der Waals surface area contributed by atoms with Crippen LogP contribution in [-0.4, -0.2) is 13.6 Å². The zero-order valence-electron chi connectivity index (χ0n) is 9.75. The Kier molecular flexibility index (Phi) is 3.99. The molecule has 0 heterocycles. The molecule has 0 aliphatic heterocycles.